The molecule has 0 saturated heterocycles. The van der Waals surface area contributed by atoms with Crippen LogP contribution in [0.25, 0.3) is 0 Å². The highest BCUT2D eigenvalue weighted by molar-refractivity contribution is 6.02. The quantitative estimate of drug-likeness (QED) is 0.714. The summed E-state index contributed by atoms with van der Waals surface area (Å²) in [6.45, 7) is 2.08. The van der Waals surface area contributed by atoms with E-state index >= 15 is 0 Å². The van der Waals surface area contributed by atoms with Gasteiger partial charge in [0.05, 0.1) is 18.7 Å². The van der Waals surface area contributed by atoms with E-state index in [1.54, 1.807) is 6.92 Å². The molecule has 0 bridgehead atoms. The molecule has 1 aromatic rings. The molecule has 1 aliphatic carbocycles. The number of nitrogens with one attached hydrogen (secondary N) is 1. The van der Waals surface area contributed by atoms with Gasteiger partial charge in [-0.2, -0.15) is 5.10 Å². The predicted octanol–water partition coefficient (Wildman–Crippen LogP) is 2.78. The smallest absolute Gasteiger partial charge is 0.307 e. The van der Waals surface area contributed by atoms with Gasteiger partial charge in [0.15, 0.2) is 6.10 Å². The summed E-state index contributed by atoms with van der Waals surface area (Å²) in [4.78, 5) is 36.6. The molecule has 1 unspecified atom stereocenters. The van der Waals surface area contributed by atoms with Crippen molar-refractivity contribution in [3.05, 3.63) is 35.9 Å². The number of ether oxygens (including phenoxy) is 1. The average Bonchev–Trinajstić information content (AvgIpc) is 3.24. The van der Waals surface area contributed by atoms with Crippen molar-refractivity contribution in [3.8, 4) is 0 Å². The van der Waals surface area contributed by atoms with E-state index in [9.17, 15) is 14.4 Å². The van der Waals surface area contributed by atoms with Crippen LogP contribution in [0, 0.1) is 0 Å². The lowest BCUT2D eigenvalue weighted by Crippen LogP contribution is -2.42. The first kappa shape index (κ1) is 21.0. The summed E-state index contributed by atoms with van der Waals surface area (Å²) in [6.07, 6.45) is 5.18. The average molecular weight is 399 g/mol. The Morgan fingerprint density at radius 1 is 1.14 bits per heavy atom. The van der Waals surface area contributed by atoms with E-state index in [1.165, 1.54) is 11.4 Å². The Balaban J connectivity index is 1.40. The van der Waals surface area contributed by atoms with Gasteiger partial charge in [0.2, 0.25) is 5.91 Å². The summed E-state index contributed by atoms with van der Waals surface area (Å²) in [5.74, 6) is -1.03. The lowest BCUT2D eigenvalue weighted by molar-refractivity contribution is -0.156. The topological polar surface area (TPSA) is 88.1 Å². The van der Waals surface area contributed by atoms with Crippen LogP contribution in [0.3, 0.4) is 0 Å². The van der Waals surface area contributed by atoms with E-state index in [4.69, 9.17) is 4.74 Å². The number of benzene rings is 1. The summed E-state index contributed by atoms with van der Waals surface area (Å²) in [5, 5.41) is 8.73. The predicted molar refractivity (Wildman–Crippen MR) is 109 cm³/mol. The molecule has 1 aromatic carbocycles. The van der Waals surface area contributed by atoms with Crippen molar-refractivity contribution < 1.29 is 19.1 Å². The Bertz CT molecular complexity index is 757. The largest absolute Gasteiger partial charge is 0.453 e. The highest BCUT2D eigenvalue weighted by Gasteiger charge is 2.25. The van der Waals surface area contributed by atoms with Gasteiger partial charge >= 0.3 is 5.97 Å². The lowest BCUT2D eigenvalue weighted by atomic mass is 9.95. The highest BCUT2D eigenvalue weighted by atomic mass is 16.5. The molecule has 1 atom stereocenters. The van der Waals surface area contributed by atoms with E-state index in [0.717, 1.165) is 37.0 Å². The fourth-order valence-electron chi connectivity index (χ4n) is 3.68. The maximum absolute atomic E-state index is 12.3. The molecule has 1 saturated carbocycles. The maximum atomic E-state index is 12.3. The number of carbonyl (C=O) groups is 3. The standard InChI is InChI=1S/C22H29N3O4/c1-16(22(28)23-18-10-6-3-7-11-18)29-21(27)13-12-20(26)25-15-14-19(24-25)17-8-4-2-5-9-17/h2,4-5,8-9,16,18H,3,6-7,10-15H2,1H3,(H,23,28). The number of hydrogen-bond acceptors (Lipinski definition) is 5. The number of nitrogens with zero attached hydrogens (tertiary/aromatic N) is 2. The van der Waals surface area contributed by atoms with Crippen LogP contribution in [-0.2, 0) is 19.1 Å². The van der Waals surface area contributed by atoms with Crippen LogP contribution in [0.15, 0.2) is 35.4 Å². The fraction of sp³-hybridized carbons (Fsp3) is 0.545. The summed E-state index contributed by atoms with van der Waals surface area (Å²) >= 11 is 0. The monoisotopic (exact) mass is 399 g/mol. The minimum Gasteiger partial charge on any atom is -0.453 e. The van der Waals surface area contributed by atoms with Gasteiger partial charge in [0.1, 0.15) is 0 Å². The molecular formula is C22H29N3O4. The molecule has 1 heterocycles. The maximum Gasteiger partial charge on any atom is 0.307 e. The third-order valence-corrected chi connectivity index (χ3v) is 5.37. The second kappa shape index (κ2) is 10.2. The van der Waals surface area contributed by atoms with Gasteiger partial charge in [-0.1, -0.05) is 49.6 Å². The van der Waals surface area contributed by atoms with Crippen LogP contribution in [0.2, 0.25) is 0 Å². The number of rotatable bonds is 7. The third kappa shape index (κ3) is 6.14. The SMILES string of the molecule is CC(OC(=O)CCC(=O)N1CCC(c2ccccc2)=N1)C(=O)NC1CCCCC1. The zero-order chi connectivity index (χ0) is 20.6. The third-order valence-electron chi connectivity index (χ3n) is 5.37. The van der Waals surface area contributed by atoms with Gasteiger partial charge in [0.25, 0.3) is 5.91 Å². The Hall–Kier alpha value is -2.70. The van der Waals surface area contributed by atoms with Gasteiger partial charge in [-0.05, 0) is 25.3 Å². The fourth-order valence-corrected chi connectivity index (χ4v) is 3.68. The summed E-state index contributed by atoms with van der Waals surface area (Å²) in [5.41, 5.74) is 1.87. The van der Waals surface area contributed by atoms with Crippen molar-refractivity contribution in [1.29, 1.82) is 0 Å². The number of hydrogen-bond donors (Lipinski definition) is 1. The first-order valence-corrected chi connectivity index (χ1v) is 10.5. The molecule has 7 heteroatoms. The van der Waals surface area contributed by atoms with Crippen LogP contribution in [0.5, 0.6) is 0 Å². The van der Waals surface area contributed by atoms with Crippen LogP contribution in [0.1, 0.15) is 63.9 Å². The molecule has 2 aliphatic rings. The van der Waals surface area contributed by atoms with Gasteiger partial charge in [-0.25, -0.2) is 5.01 Å². The zero-order valence-corrected chi connectivity index (χ0v) is 16.9. The van der Waals surface area contributed by atoms with Crippen molar-refractivity contribution in [1.82, 2.24) is 10.3 Å². The van der Waals surface area contributed by atoms with Crippen molar-refractivity contribution >= 4 is 23.5 Å². The van der Waals surface area contributed by atoms with Crippen LogP contribution < -0.4 is 5.32 Å². The lowest BCUT2D eigenvalue weighted by Gasteiger charge is -2.24. The first-order valence-electron chi connectivity index (χ1n) is 10.5. The summed E-state index contributed by atoms with van der Waals surface area (Å²) in [6, 6.07) is 9.90. The molecule has 0 radical (unpaired) electrons. The number of esters is 1. The second-order valence-corrected chi connectivity index (χ2v) is 7.66. The van der Waals surface area contributed by atoms with E-state index in [0.29, 0.717) is 13.0 Å². The molecule has 0 spiro atoms. The molecule has 1 N–H and O–H groups in total. The van der Waals surface area contributed by atoms with Crippen LogP contribution in [-0.4, -0.2) is 47.2 Å². The van der Waals surface area contributed by atoms with Gasteiger partial charge < -0.3 is 10.1 Å². The van der Waals surface area contributed by atoms with Crippen LogP contribution >= 0.6 is 0 Å². The molecule has 0 aromatic heterocycles. The minimum atomic E-state index is -0.853. The van der Waals surface area contributed by atoms with Crippen molar-refractivity contribution in [2.24, 2.45) is 5.10 Å². The van der Waals surface area contributed by atoms with Gasteiger partial charge in [-0.3, -0.25) is 14.4 Å². The Morgan fingerprint density at radius 3 is 2.59 bits per heavy atom. The summed E-state index contributed by atoms with van der Waals surface area (Å²) in [7, 11) is 0. The Labute approximate surface area is 171 Å². The second-order valence-electron chi connectivity index (χ2n) is 7.66. The van der Waals surface area contributed by atoms with Crippen LogP contribution in [0.4, 0.5) is 0 Å². The van der Waals surface area contributed by atoms with Gasteiger partial charge in [-0.15, -0.1) is 0 Å². The van der Waals surface area contributed by atoms with Crippen molar-refractivity contribution in [2.75, 3.05) is 6.54 Å². The molecule has 7 nitrogen and oxygen atoms in total. The molecule has 1 aliphatic heterocycles. The number of carbonyl (C=O) groups excluding carboxylic acids is 3. The zero-order valence-electron chi connectivity index (χ0n) is 16.9. The minimum absolute atomic E-state index is 0.0152. The van der Waals surface area contributed by atoms with Crippen molar-refractivity contribution in [3.63, 3.8) is 0 Å². The Morgan fingerprint density at radius 2 is 1.86 bits per heavy atom. The van der Waals surface area contributed by atoms with Gasteiger partial charge in [0, 0.05) is 18.9 Å². The molecular weight excluding hydrogens is 370 g/mol. The number of hydrazone groups is 1. The van der Waals surface area contributed by atoms with Crippen molar-refractivity contribution in [2.45, 2.75) is 70.4 Å². The molecule has 2 amide bonds. The molecule has 29 heavy (non-hydrogen) atoms. The Kier molecular flexibility index (Phi) is 7.38. The van der Waals surface area contributed by atoms with E-state index in [1.807, 2.05) is 30.3 Å². The molecule has 3 rings (SSSR count). The molecule has 1 fully saturated rings. The normalized spacial score (nSPS) is 18.1. The summed E-state index contributed by atoms with van der Waals surface area (Å²) < 4.78 is 5.20. The highest BCUT2D eigenvalue weighted by Crippen LogP contribution is 2.18. The first-order chi connectivity index (χ1) is 14.0. The molecule has 156 valence electrons. The van der Waals surface area contributed by atoms with E-state index in [2.05, 4.69) is 10.4 Å². The van der Waals surface area contributed by atoms with E-state index in [-0.39, 0.29) is 30.7 Å². The van der Waals surface area contributed by atoms with E-state index < -0.39 is 12.1 Å². The number of amides is 2.